The maximum absolute atomic E-state index is 13.0. The number of hydrogen-bond donors (Lipinski definition) is 1. The number of rotatable bonds is 5. The van der Waals surface area contributed by atoms with E-state index in [0.29, 0.717) is 34.6 Å². The summed E-state index contributed by atoms with van der Waals surface area (Å²) >= 11 is 6.05. The second kappa shape index (κ2) is 8.02. The molecule has 0 bridgehead atoms. The summed E-state index contributed by atoms with van der Waals surface area (Å²) in [6.07, 6.45) is 1.66. The van der Waals surface area contributed by atoms with E-state index < -0.39 is 0 Å². The number of nitrogens with zero attached hydrogens (tertiary/aromatic N) is 4. The molecule has 4 aromatic rings. The number of hydrogen-bond acceptors (Lipinski definition) is 5. The normalized spacial score (nSPS) is 10.6. The lowest BCUT2D eigenvalue weighted by Gasteiger charge is -2.07. The summed E-state index contributed by atoms with van der Waals surface area (Å²) in [5.41, 5.74) is 2.08. The van der Waals surface area contributed by atoms with Crippen LogP contribution in [-0.2, 0) is 6.54 Å². The van der Waals surface area contributed by atoms with Gasteiger partial charge in [-0.1, -0.05) is 48.0 Å². The molecule has 2 heterocycles. The predicted molar refractivity (Wildman–Crippen MR) is 108 cm³/mol. The summed E-state index contributed by atoms with van der Waals surface area (Å²) < 4.78 is 1.27. The molecule has 0 aliphatic rings. The lowest BCUT2D eigenvalue weighted by molar-refractivity contribution is 0.0947. The van der Waals surface area contributed by atoms with E-state index in [1.165, 1.54) is 4.68 Å². The highest BCUT2D eigenvalue weighted by Gasteiger charge is 2.19. The van der Waals surface area contributed by atoms with E-state index in [9.17, 15) is 4.79 Å². The van der Waals surface area contributed by atoms with Gasteiger partial charge in [-0.25, -0.2) is 0 Å². The first-order chi connectivity index (χ1) is 13.7. The van der Waals surface area contributed by atoms with Gasteiger partial charge in [-0.15, -0.1) is 5.10 Å². The number of benzene rings is 2. The highest BCUT2D eigenvalue weighted by Crippen LogP contribution is 2.18. The first kappa shape index (κ1) is 17.9. The van der Waals surface area contributed by atoms with Crippen LogP contribution in [0.15, 0.2) is 79.0 Å². The van der Waals surface area contributed by atoms with Crippen LogP contribution in [0.25, 0.3) is 11.5 Å². The fourth-order valence-corrected chi connectivity index (χ4v) is 2.92. The first-order valence-electron chi connectivity index (χ1n) is 8.67. The topological polar surface area (TPSA) is 72.7 Å². The number of aromatic nitrogens is 4. The van der Waals surface area contributed by atoms with Gasteiger partial charge in [0, 0.05) is 23.3 Å². The van der Waals surface area contributed by atoms with Gasteiger partial charge in [0.15, 0.2) is 0 Å². The number of pyridine rings is 1. The molecule has 138 valence electrons. The van der Waals surface area contributed by atoms with Crippen molar-refractivity contribution >= 4 is 23.5 Å². The summed E-state index contributed by atoms with van der Waals surface area (Å²) in [6, 6.07) is 21.9. The van der Waals surface area contributed by atoms with Crippen molar-refractivity contribution in [3.8, 4) is 11.5 Å². The van der Waals surface area contributed by atoms with E-state index in [4.69, 9.17) is 11.6 Å². The summed E-state index contributed by atoms with van der Waals surface area (Å²) in [7, 11) is 0. The van der Waals surface area contributed by atoms with Crippen LogP contribution in [0.4, 0.5) is 5.95 Å². The molecule has 0 unspecified atom stereocenters. The van der Waals surface area contributed by atoms with Gasteiger partial charge in [-0.2, -0.15) is 9.67 Å². The summed E-state index contributed by atoms with van der Waals surface area (Å²) in [5.74, 6) is 0.442. The Bertz CT molecular complexity index is 1100. The Morgan fingerprint density at radius 1 is 1.00 bits per heavy atom. The molecule has 2 aromatic heterocycles. The molecule has 0 atom stereocenters. The van der Waals surface area contributed by atoms with Crippen LogP contribution in [0.2, 0.25) is 5.02 Å². The fraction of sp³-hybridized carbons (Fsp3) is 0.0476. The number of anilines is 1. The Morgan fingerprint density at radius 2 is 1.82 bits per heavy atom. The predicted octanol–water partition coefficient (Wildman–Crippen LogP) is 4.29. The second-order valence-corrected chi connectivity index (χ2v) is 6.48. The first-order valence-corrected chi connectivity index (χ1v) is 9.05. The van der Waals surface area contributed by atoms with Crippen LogP contribution in [-0.4, -0.2) is 25.7 Å². The zero-order valence-electron chi connectivity index (χ0n) is 14.8. The number of carbonyl (C=O) groups is 1. The number of carbonyl (C=O) groups excluding carboxylic acids is 1. The van der Waals surface area contributed by atoms with E-state index in [2.05, 4.69) is 20.4 Å². The molecule has 4 rings (SSSR count). The molecule has 28 heavy (non-hydrogen) atoms. The third-order valence-electron chi connectivity index (χ3n) is 4.05. The van der Waals surface area contributed by atoms with Gasteiger partial charge in [0.05, 0.1) is 0 Å². The molecule has 0 radical (unpaired) electrons. The van der Waals surface area contributed by atoms with Crippen LogP contribution in [0.1, 0.15) is 15.9 Å². The SMILES string of the molecule is O=C(c1ccccc1)n1nc(-c2ccccn2)nc1NCc1cccc(Cl)c1. The fourth-order valence-electron chi connectivity index (χ4n) is 2.70. The molecule has 0 fully saturated rings. The van der Waals surface area contributed by atoms with Gasteiger partial charge < -0.3 is 5.32 Å². The van der Waals surface area contributed by atoms with Crippen LogP contribution in [0, 0.1) is 0 Å². The number of halogens is 1. The molecule has 2 aromatic carbocycles. The highest BCUT2D eigenvalue weighted by atomic mass is 35.5. The van der Waals surface area contributed by atoms with E-state index in [0.717, 1.165) is 5.56 Å². The van der Waals surface area contributed by atoms with Gasteiger partial charge in [-0.3, -0.25) is 9.78 Å². The standard InChI is InChI=1S/C21H16ClN5O/c22-17-10-6-7-15(13-17)14-24-21-25-19(18-11-4-5-12-23-18)26-27(21)20(28)16-8-2-1-3-9-16/h1-13H,14H2,(H,24,25,26). The molecular formula is C21H16ClN5O. The van der Waals surface area contributed by atoms with E-state index in [-0.39, 0.29) is 5.91 Å². The molecule has 0 aliphatic heterocycles. The minimum Gasteiger partial charge on any atom is -0.350 e. The van der Waals surface area contributed by atoms with Crippen molar-refractivity contribution < 1.29 is 4.79 Å². The number of nitrogens with one attached hydrogen (secondary N) is 1. The quantitative estimate of drug-likeness (QED) is 0.551. The van der Waals surface area contributed by atoms with Gasteiger partial charge in [0.2, 0.25) is 11.8 Å². The largest absolute Gasteiger partial charge is 0.350 e. The lowest BCUT2D eigenvalue weighted by atomic mass is 10.2. The Labute approximate surface area is 166 Å². The smallest absolute Gasteiger partial charge is 0.281 e. The summed E-state index contributed by atoms with van der Waals surface area (Å²) in [4.78, 5) is 21.7. The zero-order valence-corrected chi connectivity index (χ0v) is 15.5. The third kappa shape index (κ3) is 3.92. The third-order valence-corrected chi connectivity index (χ3v) is 4.29. The molecule has 7 heteroatoms. The van der Waals surface area contributed by atoms with Crippen molar-refractivity contribution in [3.63, 3.8) is 0 Å². The molecular weight excluding hydrogens is 374 g/mol. The zero-order chi connectivity index (χ0) is 19.3. The molecule has 6 nitrogen and oxygen atoms in total. The van der Waals surface area contributed by atoms with Crippen molar-refractivity contribution in [3.05, 3.63) is 95.1 Å². The van der Waals surface area contributed by atoms with Gasteiger partial charge >= 0.3 is 0 Å². The van der Waals surface area contributed by atoms with E-state index in [1.54, 1.807) is 24.4 Å². The van der Waals surface area contributed by atoms with Crippen LogP contribution in [0.3, 0.4) is 0 Å². The molecule has 1 N–H and O–H groups in total. The minimum atomic E-state index is -0.274. The average molecular weight is 390 g/mol. The van der Waals surface area contributed by atoms with Crippen molar-refractivity contribution in [2.75, 3.05) is 5.32 Å². The molecule has 0 saturated heterocycles. The van der Waals surface area contributed by atoms with E-state index in [1.807, 2.05) is 54.6 Å². The van der Waals surface area contributed by atoms with Gasteiger partial charge in [0.1, 0.15) is 5.69 Å². The maximum atomic E-state index is 13.0. The second-order valence-electron chi connectivity index (χ2n) is 6.04. The molecule has 0 spiro atoms. The monoisotopic (exact) mass is 389 g/mol. The van der Waals surface area contributed by atoms with Crippen molar-refractivity contribution in [2.45, 2.75) is 6.54 Å². The minimum absolute atomic E-state index is 0.274. The van der Waals surface area contributed by atoms with E-state index >= 15 is 0 Å². The van der Waals surface area contributed by atoms with Crippen molar-refractivity contribution in [1.82, 2.24) is 19.7 Å². The lowest BCUT2D eigenvalue weighted by Crippen LogP contribution is -2.17. The molecule has 0 aliphatic carbocycles. The summed E-state index contributed by atoms with van der Waals surface area (Å²) in [6.45, 7) is 0.447. The highest BCUT2D eigenvalue weighted by molar-refractivity contribution is 6.30. The van der Waals surface area contributed by atoms with Gasteiger partial charge in [-0.05, 0) is 42.0 Å². The van der Waals surface area contributed by atoms with Crippen LogP contribution >= 0.6 is 11.6 Å². The maximum Gasteiger partial charge on any atom is 0.281 e. The Kier molecular flexibility index (Phi) is 5.12. The molecule has 0 saturated carbocycles. The van der Waals surface area contributed by atoms with Crippen LogP contribution in [0.5, 0.6) is 0 Å². The Morgan fingerprint density at radius 3 is 2.57 bits per heavy atom. The average Bonchev–Trinajstić information content (AvgIpc) is 3.17. The molecule has 0 amide bonds. The Hall–Kier alpha value is -3.51. The van der Waals surface area contributed by atoms with Gasteiger partial charge in [0.25, 0.3) is 5.91 Å². The van der Waals surface area contributed by atoms with Crippen molar-refractivity contribution in [2.24, 2.45) is 0 Å². The van der Waals surface area contributed by atoms with Crippen LogP contribution < -0.4 is 5.32 Å². The summed E-state index contributed by atoms with van der Waals surface area (Å²) in [5, 5.41) is 8.22. The van der Waals surface area contributed by atoms with Crippen molar-refractivity contribution in [1.29, 1.82) is 0 Å². The Balaban J connectivity index is 1.68.